The van der Waals surface area contributed by atoms with Gasteiger partial charge in [-0.15, -0.1) is 0 Å². The Balaban J connectivity index is 2.54. The second kappa shape index (κ2) is 8.12. The molecule has 1 aromatic rings. The Morgan fingerprint density at radius 3 is 2.55 bits per heavy atom. The molecule has 20 heavy (non-hydrogen) atoms. The summed E-state index contributed by atoms with van der Waals surface area (Å²) in [7, 11) is 0. The van der Waals surface area contributed by atoms with Gasteiger partial charge >= 0.3 is 0 Å². The standard InChI is InChI=1S/C16H22F2O2/c1-3-15(19)10-14(16(17,18)4-2)12-20-11-13-8-6-5-7-9-13/h4-9,14-15,19H,2-3,10-12H2,1H3. The molecule has 0 aliphatic heterocycles. The van der Waals surface area contributed by atoms with Gasteiger partial charge in [-0.3, -0.25) is 0 Å². The lowest BCUT2D eigenvalue weighted by atomic mass is 9.94. The van der Waals surface area contributed by atoms with E-state index in [9.17, 15) is 13.9 Å². The summed E-state index contributed by atoms with van der Waals surface area (Å²) in [6.07, 6.45) is 0.338. The van der Waals surface area contributed by atoms with Crippen LogP contribution in [0.4, 0.5) is 8.78 Å². The molecule has 0 aromatic heterocycles. The van der Waals surface area contributed by atoms with Crippen LogP contribution in [0.2, 0.25) is 0 Å². The quantitative estimate of drug-likeness (QED) is 0.699. The van der Waals surface area contributed by atoms with Crippen LogP contribution < -0.4 is 0 Å². The van der Waals surface area contributed by atoms with Crippen molar-refractivity contribution in [2.24, 2.45) is 5.92 Å². The average molecular weight is 284 g/mol. The normalized spacial score (nSPS) is 14.8. The third-order valence-electron chi connectivity index (χ3n) is 3.27. The monoisotopic (exact) mass is 284 g/mol. The zero-order valence-corrected chi connectivity index (χ0v) is 11.8. The van der Waals surface area contributed by atoms with E-state index in [0.29, 0.717) is 12.5 Å². The minimum absolute atomic E-state index is 0.00428. The van der Waals surface area contributed by atoms with Crippen molar-refractivity contribution in [1.82, 2.24) is 0 Å². The molecule has 1 rings (SSSR count). The molecule has 1 N–H and O–H groups in total. The molecule has 112 valence electrons. The van der Waals surface area contributed by atoms with Crippen molar-refractivity contribution in [2.75, 3.05) is 6.61 Å². The third-order valence-corrected chi connectivity index (χ3v) is 3.27. The molecule has 0 radical (unpaired) electrons. The van der Waals surface area contributed by atoms with Crippen LogP contribution in [0.5, 0.6) is 0 Å². The van der Waals surface area contributed by atoms with Gasteiger partial charge in [0.2, 0.25) is 0 Å². The lowest BCUT2D eigenvalue weighted by molar-refractivity contribution is -0.0694. The highest BCUT2D eigenvalue weighted by Crippen LogP contribution is 2.30. The van der Waals surface area contributed by atoms with Crippen molar-refractivity contribution in [3.05, 3.63) is 48.6 Å². The Hall–Kier alpha value is -1.26. The maximum atomic E-state index is 13.7. The molecule has 0 amide bonds. The lowest BCUT2D eigenvalue weighted by Gasteiger charge is -2.26. The van der Waals surface area contributed by atoms with Crippen LogP contribution in [-0.2, 0) is 11.3 Å². The predicted molar refractivity (Wildman–Crippen MR) is 75.6 cm³/mol. The molecule has 0 saturated heterocycles. The van der Waals surface area contributed by atoms with Crippen LogP contribution in [0, 0.1) is 5.92 Å². The SMILES string of the molecule is C=CC(F)(F)C(COCc1ccccc1)CC(O)CC. The molecule has 0 spiro atoms. The first-order valence-electron chi connectivity index (χ1n) is 6.80. The number of benzene rings is 1. The Bertz CT molecular complexity index is 393. The Labute approximate surface area is 119 Å². The van der Waals surface area contributed by atoms with Crippen LogP contribution >= 0.6 is 0 Å². The molecular weight excluding hydrogens is 262 g/mol. The van der Waals surface area contributed by atoms with E-state index in [1.165, 1.54) is 0 Å². The lowest BCUT2D eigenvalue weighted by Crippen LogP contribution is -2.33. The zero-order valence-electron chi connectivity index (χ0n) is 11.8. The molecule has 0 heterocycles. The number of alkyl halides is 2. The van der Waals surface area contributed by atoms with Crippen LogP contribution in [0.15, 0.2) is 43.0 Å². The molecule has 2 atom stereocenters. The fraction of sp³-hybridized carbons (Fsp3) is 0.500. The second-order valence-corrected chi connectivity index (χ2v) is 4.87. The fourth-order valence-electron chi connectivity index (χ4n) is 1.89. The number of ether oxygens (including phenoxy) is 1. The molecule has 2 unspecified atom stereocenters. The van der Waals surface area contributed by atoms with Crippen molar-refractivity contribution in [2.45, 2.75) is 38.4 Å². The van der Waals surface area contributed by atoms with Gasteiger partial charge in [0.1, 0.15) is 0 Å². The van der Waals surface area contributed by atoms with Gasteiger partial charge in [0.25, 0.3) is 5.92 Å². The maximum Gasteiger partial charge on any atom is 0.271 e. The summed E-state index contributed by atoms with van der Waals surface area (Å²) >= 11 is 0. The summed E-state index contributed by atoms with van der Waals surface area (Å²) < 4.78 is 32.8. The Kier molecular flexibility index (Phi) is 6.82. The first-order chi connectivity index (χ1) is 9.49. The van der Waals surface area contributed by atoms with E-state index in [1.807, 2.05) is 30.3 Å². The predicted octanol–water partition coefficient (Wildman–Crippen LogP) is 3.80. The summed E-state index contributed by atoms with van der Waals surface area (Å²) in [6.45, 7) is 5.11. The van der Waals surface area contributed by atoms with E-state index < -0.39 is 17.9 Å². The second-order valence-electron chi connectivity index (χ2n) is 4.87. The van der Waals surface area contributed by atoms with Crippen molar-refractivity contribution in [3.8, 4) is 0 Å². The highest BCUT2D eigenvalue weighted by Gasteiger charge is 2.37. The number of aliphatic hydroxyl groups is 1. The van der Waals surface area contributed by atoms with E-state index >= 15 is 0 Å². The van der Waals surface area contributed by atoms with Crippen LogP contribution in [0.25, 0.3) is 0 Å². The molecule has 2 nitrogen and oxygen atoms in total. The molecule has 0 saturated carbocycles. The largest absolute Gasteiger partial charge is 0.393 e. The minimum atomic E-state index is -3.03. The van der Waals surface area contributed by atoms with Crippen LogP contribution in [0.3, 0.4) is 0 Å². The summed E-state index contributed by atoms with van der Waals surface area (Å²) in [4.78, 5) is 0. The molecule has 4 heteroatoms. The fourth-order valence-corrected chi connectivity index (χ4v) is 1.89. The number of rotatable bonds is 9. The zero-order chi connectivity index (χ0) is 15.0. The van der Waals surface area contributed by atoms with E-state index in [4.69, 9.17) is 4.74 Å². The number of aliphatic hydroxyl groups excluding tert-OH is 1. The topological polar surface area (TPSA) is 29.5 Å². The van der Waals surface area contributed by atoms with Gasteiger partial charge in [-0.1, -0.05) is 43.8 Å². The molecule has 1 aromatic carbocycles. The molecule has 0 bridgehead atoms. The van der Waals surface area contributed by atoms with E-state index in [0.717, 1.165) is 5.56 Å². The molecule has 0 fully saturated rings. The highest BCUT2D eigenvalue weighted by atomic mass is 19.3. The van der Waals surface area contributed by atoms with E-state index in [-0.39, 0.29) is 19.6 Å². The van der Waals surface area contributed by atoms with Gasteiger partial charge in [0.05, 0.1) is 25.2 Å². The smallest absolute Gasteiger partial charge is 0.271 e. The Morgan fingerprint density at radius 1 is 1.35 bits per heavy atom. The summed E-state index contributed by atoms with van der Waals surface area (Å²) in [5.74, 6) is -4.09. The number of allylic oxidation sites excluding steroid dienone is 1. The number of hydrogen-bond acceptors (Lipinski definition) is 2. The van der Waals surface area contributed by atoms with Crippen molar-refractivity contribution < 1.29 is 18.6 Å². The van der Waals surface area contributed by atoms with E-state index in [1.54, 1.807) is 6.92 Å². The number of hydrogen-bond donors (Lipinski definition) is 1. The van der Waals surface area contributed by atoms with Gasteiger partial charge in [-0.2, -0.15) is 0 Å². The van der Waals surface area contributed by atoms with Gasteiger partial charge in [-0.05, 0) is 24.5 Å². The van der Waals surface area contributed by atoms with Gasteiger partial charge in [0.15, 0.2) is 0 Å². The minimum Gasteiger partial charge on any atom is -0.393 e. The molecular formula is C16H22F2O2. The first-order valence-corrected chi connectivity index (χ1v) is 6.80. The van der Waals surface area contributed by atoms with Crippen LogP contribution in [-0.4, -0.2) is 23.7 Å². The third kappa shape index (κ3) is 5.39. The number of halogens is 2. The molecule has 0 aliphatic rings. The van der Waals surface area contributed by atoms with E-state index in [2.05, 4.69) is 6.58 Å². The average Bonchev–Trinajstić information content (AvgIpc) is 2.47. The van der Waals surface area contributed by atoms with Gasteiger partial charge in [-0.25, -0.2) is 8.78 Å². The van der Waals surface area contributed by atoms with Gasteiger partial charge < -0.3 is 9.84 Å². The van der Waals surface area contributed by atoms with Crippen molar-refractivity contribution in [1.29, 1.82) is 0 Å². The summed E-state index contributed by atoms with van der Waals surface area (Å²) in [6, 6.07) is 9.38. The van der Waals surface area contributed by atoms with Gasteiger partial charge in [0, 0.05) is 0 Å². The molecule has 0 aliphatic carbocycles. The summed E-state index contributed by atoms with van der Waals surface area (Å²) in [5, 5.41) is 9.58. The maximum absolute atomic E-state index is 13.7. The summed E-state index contributed by atoms with van der Waals surface area (Å²) in [5.41, 5.74) is 0.934. The first kappa shape index (κ1) is 16.8. The van der Waals surface area contributed by atoms with Crippen LogP contribution in [0.1, 0.15) is 25.3 Å². The highest BCUT2D eigenvalue weighted by molar-refractivity contribution is 5.13. The Morgan fingerprint density at radius 2 is 2.00 bits per heavy atom. The van der Waals surface area contributed by atoms with Crippen molar-refractivity contribution in [3.63, 3.8) is 0 Å². The van der Waals surface area contributed by atoms with Crippen molar-refractivity contribution >= 4 is 0 Å².